The summed E-state index contributed by atoms with van der Waals surface area (Å²) in [6.45, 7) is 8.87. The van der Waals surface area contributed by atoms with Gasteiger partial charge in [-0.15, -0.1) is 0 Å². The molecule has 1 aliphatic carbocycles. The molecular formula is C32H41ClN6O5S. The number of halogens is 1. The smallest absolute Gasteiger partial charge is 0.410 e. The Morgan fingerprint density at radius 2 is 1.87 bits per heavy atom. The van der Waals surface area contributed by atoms with Crippen molar-refractivity contribution in [3.05, 3.63) is 47.2 Å². The summed E-state index contributed by atoms with van der Waals surface area (Å²) >= 11 is 6.92. The Morgan fingerprint density at radius 3 is 2.56 bits per heavy atom. The van der Waals surface area contributed by atoms with Gasteiger partial charge < -0.3 is 19.5 Å². The number of amides is 2. The number of H-pyrrole nitrogens is 1. The van der Waals surface area contributed by atoms with E-state index in [1.165, 1.54) is 9.87 Å². The summed E-state index contributed by atoms with van der Waals surface area (Å²) in [4.78, 5) is 38.9. The molecule has 11 nitrogen and oxygen atoms in total. The van der Waals surface area contributed by atoms with Crippen molar-refractivity contribution in [1.29, 1.82) is 0 Å². The lowest BCUT2D eigenvalue weighted by Crippen LogP contribution is -2.53. The van der Waals surface area contributed by atoms with Crippen LogP contribution >= 0.6 is 11.6 Å². The second kappa shape index (κ2) is 12.5. The summed E-state index contributed by atoms with van der Waals surface area (Å²) < 4.78 is 33.1. The Balaban J connectivity index is 1.03. The minimum Gasteiger partial charge on any atom is -0.444 e. The molecule has 2 amide bonds. The summed E-state index contributed by atoms with van der Waals surface area (Å²) in [5.41, 5.74) is 3.79. The summed E-state index contributed by atoms with van der Waals surface area (Å²) in [6.07, 6.45) is 6.20. The lowest BCUT2D eigenvalue weighted by molar-refractivity contribution is -0.119. The van der Waals surface area contributed by atoms with E-state index in [1.54, 1.807) is 16.0 Å². The SMILES string of the molecule is CC(C)(C)OC(=O)N1CCN(CCCS(=O)(=O)N2CCN(c3cccc(-c4cnc5[nH]cc(C6CC6)c5c4Cl)c3)C(=O)C2)CC1. The molecule has 3 fully saturated rings. The average molecular weight is 657 g/mol. The molecule has 4 heterocycles. The molecule has 1 saturated carbocycles. The van der Waals surface area contributed by atoms with Gasteiger partial charge in [0.15, 0.2) is 0 Å². The maximum atomic E-state index is 13.3. The molecule has 3 aliphatic rings. The molecule has 6 rings (SSSR count). The van der Waals surface area contributed by atoms with Crippen LogP contribution in [-0.2, 0) is 19.6 Å². The van der Waals surface area contributed by atoms with E-state index in [1.807, 2.05) is 51.2 Å². The van der Waals surface area contributed by atoms with Crippen LogP contribution in [-0.4, -0.2) is 108 Å². The van der Waals surface area contributed by atoms with E-state index in [-0.39, 0.29) is 37.4 Å². The van der Waals surface area contributed by atoms with Gasteiger partial charge in [-0.05, 0) is 75.8 Å². The number of carbonyl (C=O) groups excluding carboxylic acids is 2. The maximum Gasteiger partial charge on any atom is 0.410 e. The third kappa shape index (κ3) is 7.14. The largest absolute Gasteiger partial charge is 0.444 e. The topological polar surface area (TPSA) is 119 Å². The number of nitrogens with zero attached hydrogens (tertiary/aromatic N) is 5. The van der Waals surface area contributed by atoms with Gasteiger partial charge in [0.25, 0.3) is 0 Å². The number of nitrogens with one attached hydrogen (secondary N) is 1. The zero-order valence-corrected chi connectivity index (χ0v) is 27.7. The first kappa shape index (κ1) is 31.8. The Hall–Kier alpha value is -3.19. The number of carbonyl (C=O) groups is 2. The van der Waals surface area contributed by atoms with E-state index in [0.29, 0.717) is 55.8 Å². The number of aromatic nitrogens is 2. The summed E-state index contributed by atoms with van der Waals surface area (Å²) in [6, 6.07) is 7.61. The van der Waals surface area contributed by atoms with Crippen molar-refractivity contribution in [2.45, 2.75) is 51.6 Å². The number of piperazine rings is 2. The molecule has 1 aromatic carbocycles. The van der Waals surface area contributed by atoms with Crippen LogP contribution in [0.3, 0.4) is 0 Å². The highest BCUT2D eigenvalue weighted by molar-refractivity contribution is 7.89. The predicted molar refractivity (Wildman–Crippen MR) is 175 cm³/mol. The van der Waals surface area contributed by atoms with Gasteiger partial charge in [-0.2, -0.15) is 4.31 Å². The monoisotopic (exact) mass is 656 g/mol. The molecule has 13 heteroatoms. The Morgan fingerprint density at radius 1 is 1.11 bits per heavy atom. The Bertz CT molecular complexity index is 1690. The quantitative estimate of drug-likeness (QED) is 0.374. The number of sulfonamides is 1. The minimum absolute atomic E-state index is 0.0297. The normalized spacial score (nSPS) is 19.0. The second-order valence-electron chi connectivity index (χ2n) is 13.1. The molecular weight excluding hydrogens is 616 g/mol. The first-order valence-corrected chi connectivity index (χ1v) is 17.6. The minimum atomic E-state index is -3.60. The van der Waals surface area contributed by atoms with Gasteiger partial charge in [0.2, 0.25) is 15.9 Å². The number of anilines is 1. The zero-order valence-electron chi connectivity index (χ0n) is 26.1. The molecule has 2 aliphatic heterocycles. The van der Waals surface area contributed by atoms with Crippen LogP contribution in [0.25, 0.3) is 22.2 Å². The van der Waals surface area contributed by atoms with Crippen LogP contribution in [0.5, 0.6) is 0 Å². The predicted octanol–water partition coefficient (Wildman–Crippen LogP) is 4.68. The number of fused-ring (bicyclic) bond motifs is 1. The van der Waals surface area contributed by atoms with E-state index in [2.05, 4.69) is 14.9 Å². The number of hydrogen-bond donors (Lipinski definition) is 1. The molecule has 1 N–H and O–H groups in total. The first-order valence-electron chi connectivity index (χ1n) is 15.6. The molecule has 0 atom stereocenters. The lowest BCUT2D eigenvalue weighted by Gasteiger charge is -2.36. The van der Waals surface area contributed by atoms with Gasteiger partial charge in [0.05, 0.1) is 17.3 Å². The van der Waals surface area contributed by atoms with Crippen molar-refractivity contribution >= 4 is 50.3 Å². The summed E-state index contributed by atoms with van der Waals surface area (Å²) in [5.74, 6) is 0.228. The highest BCUT2D eigenvalue weighted by Crippen LogP contribution is 2.46. The van der Waals surface area contributed by atoms with Crippen LogP contribution in [0.1, 0.15) is 51.5 Å². The Kier molecular flexibility index (Phi) is 8.86. The average Bonchev–Trinajstić information content (AvgIpc) is 3.75. The van der Waals surface area contributed by atoms with Gasteiger partial charge in [-0.25, -0.2) is 18.2 Å². The van der Waals surface area contributed by atoms with Crippen molar-refractivity contribution in [3.63, 3.8) is 0 Å². The highest BCUT2D eigenvalue weighted by atomic mass is 35.5. The van der Waals surface area contributed by atoms with Crippen molar-refractivity contribution in [2.24, 2.45) is 0 Å². The van der Waals surface area contributed by atoms with Gasteiger partial charge >= 0.3 is 6.09 Å². The van der Waals surface area contributed by atoms with Crippen LogP contribution in [0.4, 0.5) is 10.5 Å². The van der Waals surface area contributed by atoms with Gasteiger partial charge in [-0.1, -0.05) is 23.7 Å². The molecule has 2 aromatic heterocycles. The van der Waals surface area contributed by atoms with Crippen molar-refractivity contribution in [2.75, 3.05) is 63.0 Å². The van der Waals surface area contributed by atoms with E-state index in [0.717, 1.165) is 35.0 Å². The van der Waals surface area contributed by atoms with Crippen molar-refractivity contribution < 1.29 is 22.7 Å². The zero-order chi connectivity index (χ0) is 31.9. The number of ether oxygens (including phenoxy) is 1. The number of benzene rings is 1. The maximum absolute atomic E-state index is 13.3. The molecule has 242 valence electrons. The number of aromatic amines is 1. The Labute approximate surface area is 269 Å². The van der Waals surface area contributed by atoms with Crippen molar-refractivity contribution in [3.8, 4) is 11.1 Å². The van der Waals surface area contributed by atoms with Gasteiger partial charge in [-0.3, -0.25) is 9.69 Å². The molecule has 45 heavy (non-hydrogen) atoms. The third-order valence-corrected chi connectivity index (χ3v) is 10.9. The molecule has 0 radical (unpaired) electrons. The first-order chi connectivity index (χ1) is 21.4. The molecule has 3 aromatic rings. The summed E-state index contributed by atoms with van der Waals surface area (Å²) in [7, 11) is -3.60. The standard InChI is InChI=1S/C32H41ClN6O5S/c1-32(2,3)44-31(41)37-13-11-36(12-14-37)10-5-17-45(42,43)38-15-16-39(27(40)21-38)24-7-4-6-23(18-24)26-20-35-30-28(29(26)33)25(19-34-30)22-8-9-22/h4,6-7,18-20,22H,5,8-17,21H2,1-3H3,(H,34,35). The fraction of sp³-hybridized carbons (Fsp3) is 0.531. The second-order valence-corrected chi connectivity index (χ2v) is 15.6. The lowest BCUT2D eigenvalue weighted by atomic mass is 10.0. The third-order valence-electron chi connectivity index (χ3n) is 8.63. The van der Waals surface area contributed by atoms with Gasteiger partial charge in [0.1, 0.15) is 11.2 Å². The van der Waals surface area contributed by atoms with Crippen LogP contribution in [0.2, 0.25) is 5.02 Å². The number of pyridine rings is 1. The number of hydrogen-bond acceptors (Lipinski definition) is 7. The van der Waals surface area contributed by atoms with Crippen LogP contribution in [0.15, 0.2) is 36.7 Å². The molecule has 0 spiro atoms. The highest BCUT2D eigenvalue weighted by Gasteiger charge is 2.33. The van der Waals surface area contributed by atoms with Crippen LogP contribution in [0, 0.1) is 0 Å². The molecule has 0 unspecified atom stereocenters. The summed E-state index contributed by atoms with van der Waals surface area (Å²) in [5, 5.41) is 1.60. The molecule has 2 saturated heterocycles. The fourth-order valence-electron chi connectivity index (χ4n) is 6.08. The van der Waals surface area contributed by atoms with Crippen molar-refractivity contribution in [1.82, 2.24) is 24.1 Å². The van der Waals surface area contributed by atoms with E-state index in [4.69, 9.17) is 16.3 Å². The fourth-order valence-corrected chi connectivity index (χ4v) is 7.86. The number of rotatable bonds is 8. The van der Waals surface area contributed by atoms with Crippen LogP contribution < -0.4 is 4.90 Å². The van der Waals surface area contributed by atoms with E-state index in [9.17, 15) is 18.0 Å². The molecule has 0 bridgehead atoms. The van der Waals surface area contributed by atoms with E-state index >= 15 is 0 Å². The van der Waals surface area contributed by atoms with Gasteiger partial charge in [0, 0.05) is 68.3 Å². The van der Waals surface area contributed by atoms with E-state index < -0.39 is 15.6 Å².